The smallest absolute Gasteiger partial charge is 0.435 e. The molecule has 0 spiro atoms. The third kappa shape index (κ3) is 7.09. The standard InChI is InChI=1S/C11H8ClF3N2.C10H14N2O3/c1-7-6-10(11(13,14)15)16-17(7)9-5-3-2-4-8(9)12;1-4-5-8(6-11-2)9(10(14)15)12(3)7-13/h2-6H,1H3;4-7,9H,1H2,2-3H3,(H,14,15)/b;8-5+,11-6?. The highest BCUT2D eigenvalue weighted by atomic mass is 35.5. The van der Waals surface area contributed by atoms with Gasteiger partial charge in [-0.2, -0.15) is 18.3 Å². The number of carboxylic acid groups (broad SMARTS) is 1. The largest absolute Gasteiger partial charge is 0.479 e. The first-order valence-corrected chi connectivity index (χ1v) is 9.39. The summed E-state index contributed by atoms with van der Waals surface area (Å²) in [6.45, 7) is 5.02. The van der Waals surface area contributed by atoms with Crippen molar-refractivity contribution in [1.82, 2.24) is 14.7 Å². The molecule has 0 saturated carbocycles. The number of hydrogen-bond donors (Lipinski definition) is 1. The van der Waals surface area contributed by atoms with Crippen LogP contribution in [0.4, 0.5) is 13.2 Å². The van der Waals surface area contributed by atoms with Gasteiger partial charge < -0.3 is 10.0 Å². The number of alkyl halides is 3. The summed E-state index contributed by atoms with van der Waals surface area (Å²) in [6.07, 6.45) is 0.355. The number of carbonyl (C=O) groups is 2. The molecule has 1 aromatic heterocycles. The quantitative estimate of drug-likeness (QED) is 0.373. The first kappa shape index (κ1) is 26.6. The fourth-order valence-corrected chi connectivity index (χ4v) is 2.80. The molecule has 1 atom stereocenters. The van der Waals surface area contributed by atoms with Gasteiger partial charge in [0.1, 0.15) is 0 Å². The molecule has 172 valence electrons. The third-order valence-corrected chi connectivity index (χ3v) is 4.29. The number of halogens is 4. The van der Waals surface area contributed by atoms with Crippen molar-refractivity contribution in [3.8, 4) is 5.69 Å². The number of rotatable bonds is 7. The molecule has 0 aliphatic heterocycles. The van der Waals surface area contributed by atoms with Crippen LogP contribution in [0.3, 0.4) is 0 Å². The Morgan fingerprint density at radius 3 is 2.44 bits per heavy atom. The first-order chi connectivity index (χ1) is 15.0. The minimum absolute atomic E-state index is 0.354. The molecular formula is C21H22ClF3N4O3. The minimum Gasteiger partial charge on any atom is -0.479 e. The Hall–Kier alpha value is -3.40. The molecule has 11 heteroatoms. The number of aromatic nitrogens is 2. The molecule has 1 N–H and O–H groups in total. The lowest BCUT2D eigenvalue weighted by molar-refractivity contribution is -0.143. The van der Waals surface area contributed by atoms with E-state index in [-0.39, 0.29) is 0 Å². The number of para-hydroxylation sites is 1. The molecule has 2 rings (SSSR count). The van der Waals surface area contributed by atoms with E-state index < -0.39 is 23.9 Å². The van der Waals surface area contributed by atoms with E-state index in [0.29, 0.717) is 28.4 Å². The van der Waals surface area contributed by atoms with Gasteiger partial charge in [0.15, 0.2) is 11.7 Å². The highest BCUT2D eigenvalue weighted by Crippen LogP contribution is 2.30. The van der Waals surface area contributed by atoms with Crippen LogP contribution in [0.1, 0.15) is 11.4 Å². The molecule has 1 heterocycles. The van der Waals surface area contributed by atoms with Gasteiger partial charge in [0.05, 0.1) is 10.7 Å². The van der Waals surface area contributed by atoms with Gasteiger partial charge >= 0.3 is 12.1 Å². The second-order valence-corrected chi connectivity index (χ2v) is 6.74. The highest BCUT2D eigenvalue weighted by Gasteiger charge is 2.34. The van der Waals surface area contributed by atoms with Gasteiger partial charge in [-0.1, -0.05) is 42.5 Å². The lowest BCUT2D eigenvalue weighted by atomic mass is 10.1. The number of nitrogens with zero attached hydrogens (tertiary/aromatic N) is 4. The number of amides is 1. The average Bonchev–Trinajstić information content (AvgIpc) is 3.11. The predicted molar refractivity (Wildman–Crippen MR) is 116 cm³/mol. The Bertz CT molecular complexity index is 1020. The van der Waals surface area contributed by atoms with E-state index in [9.17, 15) is 22.8 Å². The Morgan fingerprint density at radius 1 is 1.38 bits per heavy atom. The van der Waals surface area contributed by atoms with Crippen molar-refractivity contribution in [2.24, 2.45) is 4.99 Å². The van der Waals surface area contributed by atoms with Crippen molar-refractivity contribution in [3.63, 3.8) is 0 Å². The number of aryl methyl sites for hydroxylation is 1. The molecule has 1 aromatic carbocycles. The van der Waals surface area contributed by atoms with Crippen molar-refractivity contribution in [2.75, 3.05) is 14.1 Å². The average molecular weight is 471 g/mol. The molecule has 0 saturated heterocycles. The second-order valence-electron chi connectivity index (χ2n) is 6.33. The van der Waals surface area contributed by atoms with Crippen molar-refractivity contribution >= 4 is 30.2 Å². The number of hydrogen-bond acceptors (Lipinski definition) is 4. The van der Waals surface area contributed by atoms with Crippen LogP contribution in [0.5, 0.6) is 0 Å². The number of aliphatic imine (C=N–C) groups is 1. The normalized spacial score (nSPS) is 12.7. The maximum atomic E-state index is 12.5. The topological polar surface area (TPSA) is 87.8 Å². The van der Waals surface area contributed by atoms with Gasteiger partial charge in [-0.3, -0.25) is 9.79 Å². The number of carboxylic acids is 1. The number of carbonyl (C=O) groups excluding carboxylic acids is 1. The summed E-state index contributed by atoms with van der Waals surface area (Å²) in [5, 5.41) is 12.8. The fraction of sp³-hybridized carbons (Fsp3) is 0.238. The molecule has 0 aliphatic carbocycles. The molecule has 1 unspecified atom stereocenters. The van der Waals surface area contributed by atoms with E-state index in [0.717, 1.165) is 11.0 Å². The van der Waals surface area contributed by atoms with Crippen molar-refractivity contribution in [2.45, 2.75) is 19.1 Å². The maximum absolute atomic E-state index is 12.5. The van der Waals surface area contributed by atoms with Gasteiger partial charge in [0.25, 0.3) is 0 Å². The third-order valence-electron chi connectivity index (χ3n) is 3.97. The summed E-state index contributed by atoms with van der Waals surface area (Å²) < 4.78 is 38.7. The summed E-state index contributed by atoms with van der Waals surface area (Å²) in [4.78, 5) is 26.3. The molecule has 0 bridgehead atoms. The van der Waals surface area contributed by atoms with E-state index in [1.54, 1.807) is 31.2 Å². The van der Waals surface area contributed by atoms with Gasteiger partial charge in [0, 0.05) is 31.6 Å². The maximum Gasteiger partial charge on any atom is 0.435 e. The number of likely N-dealkylation sites (N-methyl/N-ethyl adjacent to an activating group) is 1. The minimum atomic E-state index is -4.45. The van der Waals surface area contributed by atoms with E-state index >= 15 is 0 Å². The Morgan fingerprint density at radius 2 is 2.00 bits per heavy atom. The van der Waals surface area contributed by atoms with E-state index in [1.807, 2.05) is 0 Å². The van der Waals surface area contributed by atoms with Crippen LogP contribution >= 0.6 is 11.6 Å². The number of allylic oxidation sites excluding steroid dienone is 2. The lowest BCUT2D eigenvalue weighted by Gasteiger charge is -2.20. The van der Waals surface area contributed by atoms with E-state index in [4.69, 9.17) is 16.7 Å². The molecule has 32 heavy (non-hydrogen) atoms. The molecule has 7 nitrogen and oxygen atoms in total. The van der Waals surface area contributed by atoms with Crippen LogP contribution in [0, 0.1) is 6.92 Å². The predicted octanol–water partition coefficient (Wildman–Crippen LogP) is 4.19. The van der Waals surface area contributed by atoms with Crippen molar-refractivity contribution < 1.29 is 27.9 Å². The van der Waals surface area contributed by atoms with Crippen LogP contribution in [-0.2, 0) is 15.8 Å². The Kier molecular flexibility index (Phi) is 9.86. The monoisotopic (exact) mass is 470 g/mol. The van der Waals surface area contributed by atoms with Gasteiger partial charge in [0.2, 0.25) is 6.41 Å². The number of benzene rings is 1. The molecule has 2 aromatic rings. The molecule has 0 aliphatic rings. The van der Waals surface area contributed by atoms with Gasteiger partial charge in [-0.15, -0.1) is 0 Å². The van der Waals surface area contributed by atoms with Crippen molar-refractivity contribution in [3.05, 3.63) is 71.0 Å². The van der Waals surface area contributed by atoms with Gasteiger partial charge in [-0.25, -0.2) is 9.48 Å². The van der Waals surface area contributed by atoms with Crippen LogP contribution in [0.25, 0.3) is 5.69 Å². The Balaban J connectivity index is 0.000000324. The SMILES string of the molecule is C=C/C=C(\C=NC)C(C(=O)O)N(C)C=O.Cc1cc(C(F)(F)F)nn1-c1ccccc1Cl. The summed E-state index contributed by atoms with van der Waals surface area (Å²) >= 11 is 5.91. The lowest BCUT2D eigenvalue weighted by Crippen LogP contribution is -2.39. The molecule has 1 amide bonds. The molecule has 0 fully saturated rings. The number of aliphatic carboxylic acids is 1. The summed E-state index contributed by atoms with van der Waals surface area (Å²) in [7, 11) is 2.92. The van der Waals surface area contributed by atoms with Crippen molar-refractivity contribution in [1.29, 1.82) is 0 Å². The van der Waals surface area contributed by atoms with Crippen LogP contribution < -0.4 is 0 Å². The zero-order valence-electron chi connectivity index (χ0n) is 17.5. The van der Waals surface area contributed by atoms with Gasteiger partial charge in [-0.05, 0) is 25.1 Å². The van der Waals surface area contributed by atoms with Crippen LogP contribution in [-0.4, -0.2) is 58.5 Å². The zero-order valence-corrected chi connectivity index (χ0v) is 18.3. The van der Waals surface area contributed by atoms with E-state index in [2.05, 4.69) is 16.7 Å². The molecule has 0 radical (unpaired) electrons. The van der Waals surface area contributed by atoms with Crippen LogP contribution in [0.15, 0.2) is 59.6 Å². The molecular weight excluding hydrogens is 449 g/mol. The fourth-order valence-electron chi connectivity index (χ4n) is 2.58. The Labute approximate surface area is 188 Å². The highest BCUT2D eigenvalue weighted by molar-refractivity contribution is 6.32. The summed E-state index contributed by atoms with van der Waals surface area (Å²) in [6, 6.07) is 6.56. The first-order valence-electron chi connectivity index (χ1n) is 9.01. The summed E-state index contributed by atoms with van der Waals surface area (Å²) in [5.41, 5.74) is 0.289. The van der Waals surface area contributed by atoms with Crippen LogP contribution in [0.2, 0.25) is 5.02 Å². The zero-order chi connectivity index (χ0) is 24.5. The second kappa shape index (κ2) is 11.8. The van der Waals surface area contributed by atoms with E-state index in [1.165, 1.54) is 37.1 Å². The summed E-state index contributed by atoms with van der Waals surface area (Å²) in [5.74, 6) is -1.11.